The van der Waals surface area contributed by atoms with Crippen LogP contribution in [0.4, 0.5) is 0 Å². The lowest BCUT2D eigenvalue weighted by Crippen LogP contribution is -2.45. The maximum absolute atomic E-state index is 13.1. The molecular weight excluding hydrogens is 503 g/mol. The number of benzene rings is 2. The Morgan fingerprint density at radius 3 is 2.28 bits per heavy atom. The Morgan fingerprint density at radius 2 is 1.67 bits per heavy atom. The van der Waals surface area contributed by atoms with E-state index in [1.165, 1.54) is 0 Å². The van der Waals surface area contributed by atoms with E-state index in [0.29, 0.717) is 68.3 Å². The van der Waals surface area contributed by atoms with Crippen molar-refractivity contribution in [3.63, 3.8) is 0 Å². The van der Waals surface area contributed by atoms with Gasteiger partial charge in [0.05, 0.1) is 35.3 Å². The number of rotatable bonds is 13. The summed E-state index contributed by atoms with van der Waals surface area (Å²) in [5.41, 5.74) is 7.99. The van der Waals surface area contributed by atoms with E-state index >= 15 is 0 Å². The molecular formula is C27H36Cl2N2O5. The summed E-state index contributed by atoms with van der Waals surface area (Å²) >= 11 is 12.4. The molecule has 0 aromatic heterocycles. The number of hydrogen-bond donors (Lipinski definition) is 1. The number of nitrogens with two attached hydrogens (primary N) is 1. The zero-order valence-electron chi connectivity index (χ0n) is 21.0. The second kappa shape index (κ2) is 14.6. The van der Waals surface area contributed by atoms with Gasteiger partial charge in [-0.25, -0.2) is 0 Å². The Morgan fingerprint density at radius 1 is 1.03 bits per heavy atom. The molecule has 0 saturated carbocycles. The summed E-state index contributed by atoms with van der Waals surface area (Å²) < 4.78 is 22.3. The number of aryl methyl sites for hydroxylation is 1. The molecule has 2 aromatic rings. The summed E-state index contributed by atoms with van der Waals surface area (Å²) in [6, 6.07) is 11.3. The maximum Gasteiger partial charge on any atom is 0.227 e. The van der Waals surface area contributed by atoms with Crippen molar-refractivity contribution in [2.75, 3.05) is 53.2 Å². The van der Waals surface area contributed by atoms with Gasteiger partial charge in [-0.15, -0.1) is 0 Å². The number of carbonyl (C=O) groups excluding carboxylic acids is 1. The quantitative estimate of drug-likeness (QED) is 0.377. The van der Waals surface area contributed by atoms with Crippen LogP contribution in [0.2, 0.25) is 10.0 Å². The number of hydrogen-bond acceptors (Lipinski definition) is 6. The minimum absolute atomic E-state index is 0.110. The lowest BCUT2D eigenvalue weighted by molar-refractivity contribution is -0.138. The van der Waals surface area contributed by atoms with Gasteiger partial charge in [-0.3, -0.25) is 4.79 Å². The predicted molar refractivity (Wildman–Crippen MR) is 142 cm³/mol. The highest BCUT2D eigenvalue weighted by atomic mass is 35.5. The summed E-state index contributed by atoms with van der Waals surface area (Å²) in [5, 5.41) is 0.960. The van der Waals surface area contributed by atoms with Crippen LogP contribution in [0, 0.1) is 12.8 Å². The molecule has 2 aromatic carbocycles. The number of methoxy groups -OCH3 is 1. The van der Waals surface area contributed by atoms with Gasteiger partial charge in [0.2, 0.25) is 5.91 Å². The van der Waals surface area contributed by atoms with Crippen molar-refractivity contribution in [2.45, 2.75) is 32.3 Å². The summed E-state index contributed by atoms with van der Waals surface area (Å²) in [6.45, 7) is 5.44. The number of amides is 1. The number of carbonyl (C=O) groups is 1. The first-order valence-electron chi connectivity index (χ1n) is 12.3. The van der Waals surface area contributed by atoms with Crippen molar-refractivity contribution in [1.29, 1.82) is 0 Å². The fourth-order valence-electron chi connectivity index (χ4n) is 4.20. The van der Waals surface area contributed by atoms with E-state index in [2.05, 4.69) is 0 Å². The Hall–Kier alpha value is -2.03. The van der Waals surface area contributed by atoms with Gasteiger partial charge >= 0.3 is 0 Å². The second-order valence-corrected chi connectivity index (χ2v) is 9.74. The minimum atomic E-state index is -0.250. The number of likely N-dealkylation sites (tertiary alicyclic amines) is 1. The van der Waals surface area contributed by atoms with E-state index in [-0.39, 0.29) is 17.9 Å². The molecule has 2 N–H and O–H groups in total. The molecule has 0 radical (unpaired) electrons. The second-order valence-electron chi connectivity index (χ2n) is 8.92. The molecule has 1 heterocycles. The normalized spacial score (nSPS) is 15.1. The van der Waals surface area contributed by atoms with Crippen LogP contribution in [0.5, 0.6) is 11.5 Å². The fraction of sp³-hybridized carbons (Fsp3) is 0.519. The smallest absolute Gasteiger partial charge is 0.227 e. The van der Waals surface area contributed by atoms with Crippen molar-refractivity contribution >= 4 is 29.1 Å². The third-order valence-corrected chi connectivity index (χ3v) is 6.74. The molecule has 1 aliphatic rings. The predicted octanol–water partition coefficient (Wildman–Crippen LogP) is 4.53. The van der Waals surface area contributed by atoms with Crippen molar-refractivity contribution in [2.24, 2.45) is 11.7 Å². The Kier molecular flexibility index (Phi) is 11.6. The van der Waals surface area contributed by atoms with E-state index in [4.69, 9.17) is 47.9 Å². The van der Waals surface area contributed by atoms with Crippen molar-refractivity contribution in [3.8, 4) is 11.5 Å². The Balaban J connectivity index is 1.42. The SMILES string of the molecule is COCCOC1CCN(C(=O)C(CN)Cc2ccc(OCCOc3c(Cl)cc(C)cc3Cl)cc2)CC1. The molecule has 1 atom stereocenters. The highest BCUT2D eigenvalue weighted by Gasteiger charge is 2.28. The number of nitrogens with zero attached hydrogens (tertiary/aromatic N) is 1. The first kappa shape index (κ1) is 28.5. The number of ether oxygens (including phenoxy) is 4. The third kappa shape index (κ3) is 8.53. The molecule has 1 saturated heterocycles. The van der Waals surface area contributed by atoms with Gasteiger partial charge in [-0.1, -0.05) is 35.3 Å². The largest absolute Gasteiger partial charge is 0.490 e. The van der Waals surface area contributed by atoms with Crippen LogP contribution in [0.15, 0.2) is 36.4 Å². The third-order valence-electron chi connectivity index (χ3n) is 6.17. The van der Waals surface area contributed by atoms with Crippen molar-refractivity contribution in [3.05, 3.63) is 57.6 Å². The van der Waals surface area contributed by atoms with E-state index in [1.54, 1.807) is 7.11 Å². The highest BCUT2D eigenvalue weighted by molar-refractivity contribution is 6.37. The first-order chi connectivity index (χ1) is 17.4. The van der Waals surface area contributed by atoms with Gasteiger partial charge in [-0.2, -0.15) is 0 Å². The first-order valence-corrected chi connectivity index (χ1v) is 13.1. The summed E-state index contributed by atoms with van der Waals surface area (Å²) in [6.07, 6.45) is 2.45. The molecule has 3 rings (SSSR count). The van der Waals surface area contributed by atoms with Gasteiger partial charge in [0, 0.05) is 26.7 Å². The number of piperidine rings is 1. The molecule has 0 aliphatic carbocycles. The zero-order chi connectivity index (χ0) is 25.9. The van der Waals surface area contributed by atoms with Gasteiger partial charge < -0.3 is 29.6 Å². The molecule has 0 bridgehead atoms. The molecule has 1 fully saturated rings. The maximum atomic E-state index is 13.1. The molecule has 198 valence electrons. The topological polar surface area (TPSA) is 83.3 Å². The van der Waals surface area contributed by atoms with Crippen LogP contribution in [-0.2, 0) is 20.7 Å². The molecule has 1 unspecified atom stereocenters. The van der Waals surface area contributed by atoms with Gasteiger partial charge in [0.15, 0.2) is 5.75 Å². The van der Waals surface area contributed by atoms with Crippen LogP contribution in [0.3, 0.4) is 0 Å². The Bertz CT molecular complexity index is 942. The summed E-state index contributed by atoms with van der Waals surface area (Å²) in [7, 11) is 1.66. The van der Waals surface area contributed by atoms with E-state index in [0.717, 1.165) is 29.7 Å². The van der Waals surface area contributed by atoms with Gasteiger partial charge in [0.1, 0.15) is 19.0 Å². The average molecular weight is 540 g/mol. The van der Waals surface area contributed by atoms with Crippen LogP contribution >= 0.6 is 23.2 Å². The average Bonchev–Trinajstić information content (AvgIpc) is 2.87. The van der Waals surface area contributed by atoms with E-state index in [1.807, 2.05) is 48.2 Å². The standard InChI is InChI=1S/C27H36Cl2N2O5/c1-19-15-24(28)26(25(29)16-19)36-14-13-35-22-5-3-20(4-6-22)17-21(18-30)27(32)31-9-7-23(8-10-31)34-12-11-33-2/h3-6,15-16,21,23H,7-14,17-18,30H2,1-2H3. The van der Waals surface area contributed by atoms with Crippen molar-refractivity contribution in [1.82, 2.24) is 4.90 Å². The minimum Gasteiger partial charge on any atom is -0.490 e. The fourth-order valence-corrected chi connectivity index (χ4v) is 4.91. The zero-order valence-corrected chi connectivity index (χ0v) is 22.5. The lowest BCUT2D eigenvalue weighted by atomic mass is 9.96. The van der Waals surface area contributed by atoms with Crippen LogP contribution in [0.25, 0.3) is 0 Å². The van der Waals surface area contributed by atoms with Crippen LogP contribution < -0.4 is 15.2 Å². The van der Waals surface area contributed by atoms with Gasteiger partial charge in [-0.05, 0) is 61.6 Å². The van der Waals surface area contributed by atoms with Crippen LogP contribution in [-0.4, -0.2) is 70.1 Å². The monoisotopic (exact) mass is 538 g/mol. The number of halogens is 2. The molecule has 0 spiro atoms. The molecule has 1 aliphatic heterocycles. The van der Waals surface area contributed by atoms with E-state index in [9.17, 15) is 4.79 Å². The van der Waals surface area contributed by atoms with Gasteiger partial charge in [0.25, 0.3) is 0 Å². The summed E-state index contributed by atoms with van der Waals surface area (Å²) in [4.78, 5) is 15.0. The highest BCUT2D eigenvalue weighted by Crippen LogP contribution is 2.34. The van der Waals surface area contributed by atoms with Crippen molar-refractivity contribution < 1.29 is 23.7 Å². The molecule has 7 nitrogen and oxygen atoms in total. The summed E-state index contributed by atoms with van der Waals surface area (Å²) in [5.74, 6) is 1.04. The van der Waals surface area contributed by atoms with E-state index < -0.39 is 0 Å². The molecule has 1 amide bonds. The molecule has 36 heavy (non-hydrogen) atoms. The van der Waals surface area contributed by atoms with Crippen LogP contribution in [0.1, 0.15) is 24.0 Å². The molecule has 9 heteroatoms. The Labute approximate surface area is 223 Å². The lowest BCUT2D eigenvalue weighted by Gasteiger charge is -2.34.